The van der Waals surface area contributed by atoms with Gasteiger partial charge >= 0.3 is 0 Å². The molecule has 4 heteroatoms. The number of benzene rings is 6. The molecule has 0 saturated carbocycles. The van der Waals surface area contributed by atoms with E-state index in [9.17, 15) is 0 Å². The van der Waals surface area contributed by atoms with E-state index in [0.29, 0.717) is 5.56 Å². The molecule has 43 heavy (non-hydrogen) atoms. The van der Waals surface area contributed by atoms with Gasteiger partial charge in [-0.15, -0.1) is 0 Å². The van der Waals surface area contributed by atoms with E-state index in [4.69, 9.17) is 10.2 Å². The zero-order chi connectivity index (χ0) is 28.8. The Balaban J connectivity index is 1.19. The van der Waals surface area contributed by atoms with Crippen molar-refractivity contribution in [2.75, 3.05) is 0 Å². The van der Waals surface area contributed by atoms with Crippen molar-refractivity contribution in [3.63, 3.8) is 0 Å². The lowest BCUT2D eigenvalue weighted by Crippen LogP contribution is -1.98. The van der Waals surface area contributed by atoms with Crippen LogP contribution in [0.2, 0.25) is 0 Å². The monoisotopic (exact) mass is 548 g/mol. The largest absolute Gasteiger partial charge is 0.291 e. The topological polar surface area (TPSA) is 54.5 Å². The van der Waals surface area contributed by atoms with E-state index in [1.165, 1.54) is 27.3 Å². The third-order valence-corrected chi connectivity index (χ3v) is 8.08. The Morgan fingerprint density at radius 2 is 1.14 bits per heavy atom. The van der Waals surface area contributed by atoms with Gasteiger partial charge < -0.3 is 0 Å². The minimum atomic E-state index is 0.670. The number of nitriles is 1. The predicted octanol–water partition coefficient (Wildman–Crippen LogP) is 9.60. The first-order valence-corrected chi connectivity index (χ1v) is 14.2. The number of pyridine rings is 1. The standard InChI is InChI=1S/C39H24N4/c40-24-26-7-9-27(10-8-26)29-14-15-31-21-32(17-16-30(31)20-29)33-13-11-28-12-18-34(23-35(28)22-33)39-42-37-5-1-2-6-38(37)43(39)36-4-3-19-41-25-36/h1-23,25H. The van der Waals surface area contributed by atoms with Crippen molar-refractivity contribution in [3.05, 3.63) is 151 Å². The fraction of sp³-hybridized carbons (Fsp3) is 0. The molecule has 2 heterocycles. The maximum absolute atomic E-state index is 9.11. The highest BCUT2D eigenvalue weighted by Crippen LogP contribution is 2.33. The Kier molecular flexibility index (Phi) is 5.80. The van der Waals surface area contributed by atoms with Crippen LogP contribution < -0.4 is 0 Å². The molecular formula is C39H24N4. The quantitative estimate of drug-likeness (QED) is 0.220. The third kappa shape index (κ3) is 4.41. The lowest BCUT2D eigenvalue weighted by molar-refractivity contribution is 1.08. The van der Waals surface area contributed by atoms with Crippen molar-refractivity contribution in [1.29, 1.82) is 5.26 Å². The third-order valence-electron chi connectivity index (χ3n) is 8.08. The number of imidazole rings is 1. The summed E-state index contributed by atoms with van der Waals surface area (Å²) in [6.07, 6.45) is 3.67. The van der Waals surface area contributed by atoms with E-state index in [1.54, 1.807) is 6.20 Å². The van der Waals surface area contributed by atoms with Gasteiger partial charge in [-0.25, -0.2) is 4.98 Å². The summed E-state index contributed by atoms with van der Waals surface area (Å²) < 4.78 is 2.18. The molecule has 6 aromatic carbocycles. The van der Waals surface area contributed by atoms with Gasteiger partial charge in [0.25, 0.3) is 0 Å². The molecule has 200 valence electrons. The lowest BCUT2D eigenvalue weighted by atomic mass is 9.96. The predicted molar refractivity (Wildman–Crippen MR) is 175 cm³/mol. The molecule has 0 amide bonds. The van der Waals surface area contributed by atoms with Gasteiger partial charge in [-0.1, -0.05) is 72.8 Å². The first-order valence-electron chi connectivity index (χ1n) is 14.2. The van der Waals surface area contributed by atoms with Crippen LogP contribution in [0.1, 0.15) is 5.56 Å². The van der Waals surface area contributed by atoms with Gasteiger partial charge in [0.2, 0.25) is 0 Å². The number of para-hydroxylation sites is 2. The molecular weight excluding hydrogens is 524 g/mol. The van der Waals surface area contributed by atoms with Gasteiger partial charge in [0, 0.05) is 11.8 Å². The molecule has 2 aromatic heterocycles. The molecule has 8 aromatic rings. The van der Waals surface area contributed by atoms with Crippen molar-refractivity contribution in [2.45, 2.75) is 0 Å². The normalized spacial score (nSPS) is 11.2. The molecule has 0 atom stereocenters. The zero-order valence-electron chi connectivity index (χ0n) is 23.1. The lowest BCUT2D eigenvalue weighted by Gasteiger charge is -2.11. The first-order chi connectivity index (χ1) is 21.2. The molecule has 0 radical (unpaired) electrons. The molecule has 0 aliphatic rings. The molecule has 0 unspecified atom stereocenters. The number of fused-ring (bicyclic) bond motifs is 3. The van der Waals surface area contributed by atoms with Crippen molar-refractivity contribution < 1.29 is 0 Å². The Hall–Kier alpha value is -6.05. The number of hydrogen-bond acceptors (Lipinski definition) is 3. The summed E-state index contributed by atoms with van der Waals surface area (Å²) in [5.74, 6) is 0.894. The molecule has 0 spiro atoms. The van der Waals surface area contributed by atoms with Gasteiger partial charge in [-0.3, -0.25) is 9.55 Å². The maximum atomic E-state index is 9.11. The minimum absolute atomic E-state index is 0.670. The summed E-state index contributed by atoms with van der Waals surface area (Å²) in [6.45, 7) is 0. The Bertz CT molecular complexity index is 2340. The maximum Gasteiger partial charge on any atom is 0.145 e. The Morgan fingerprint density at radius 1 is 0.535 bits per heavy atom. The van der Waals surface area contributed by atoms with Gasteiger partial charge in [0.1, 0.15) is 5.82 Å². The average molecular weight is 549 g/mol. The van der Waals surface area contributed by atoms with Crippen molar-refractivity contribution in [3.8, 4) is 45.4 Å². The van der Waals surface area contributed by atoms with Crippen LogP contribution >= 0.6 is 0 Å². The highest BCUT2D eigenvalue weighted by atomic mass is 15.1. The van der Waals surface area contributed by atoms with Crippen molar-refractivity contribution >= 4 is 32.6 Å². The minimum Gasteiger partial charge on any atom is -0.291 e. The van der Waals surface area contributed by atoms with Gasteiger partial charge in [0.15, 0.2) is 0 Å². The smallest absolute Gasteiger partial charge is 0.145 e. The van der Waals surface area contributed by atoms with Crippen LogP contribution in [0.15, 0.2) is 146 Å². The number of aromatic nitrogens is 3. The number of nitrogens with zero attached hydrogens (tertiary/aromatic N) is 4. The second-order valence-corrected chi connectivity index (χ2v) is 10.7. The van der Waals surface area contributed by atoms with E-state index in [1.807, 2.05) is 48.7 Å². The van der Waals surface area contributed by atoms with Crippen molar-refractivity contribution in [1.82, 2.24) is 14.5 Å². The molecule has 0 fully saturated rings. The van der Waals surface area contributed by atoms with E-state index < -0.39 is 0 Å². The van der Waals surface area contributed by atoms with Gasteiger partial charge in [-0.05, 0) is 104 Å². The highest BCUT2D eigenvalue weighted by molar-refractivity contribution is 5.95. The van der Waals surface area contributed by atoms with Crippen LogP contribution in [0.3, 0.4) is 0 Å². The first kappa shape index (κ1) is 24.7. The van der Waals surface area contributed by atoms with Crippen LogP contribution in [0, 0.1) is 11.3 Å². The molecule has 0 saturated heterocycles. The number of hydrogen-bond donors (Lipinski definition) is 0. The van der Waals surface area contributed by atoms with Crippen LogP contribution in [0.4, 0.5) is 0 Å². The SMILES string of the molecule is N#Cc1ccc(-c2ccc3cc(-c4ccc5ccc(-c6nc7ccccc7n6-c6cccnc6)cc5c4)ccc3c2)cc1. The summed E-state index contributed by atoms with van der Waals surface area (Å²) in [5, 5.41) is 13.8. The summed E-state index contributed by atoms with van der Waals surface area (Å²) >= 11 is 0. The van der Waals surface area contributed by atoms with E-state index in [0.717, 1.165) is 44.6 Å². The zero-order valence-corrected chi connectivity index (χ0v) is 23.1. The molecule has 4 nitrogen and oxygen atoms in total. The molecule has 0 aliphatic carbocycles. The van der Waals surface area contributed by atoms with Crippen LogP contribution in [-0.4, -0.2) is 14.5 Å². The van der Waals surface area contributed by atoms with E-state index in [2.05, 4.69) is 107 Å². The number of rotatable bonds is 4. The van der Waals surface area contributed by atoms with Crippen LogP contribution in [-0.2, 0) is 0 Å². The summed E-state index contributed by atoms with van der Waals surface area (Å²) in [7, 11) is 0. The van der Waals surface area contributed by atoms with Crippen molar-refractivity contribution in [2.24, 2.45) is 0 Å². The fourth-order valence-corrected chi connectivity index (χ4v) is 5.87. The summed E-state index contributed by atoms with van der Waals surface area (Å²) in [4.78, 5) is 9.41. The van der Waals surface area contributed by atoms with E-state index >= 15 is 0 Å². The second-order valence-electron chi connectivity index (χ2n) is 10.7. The fourth-order valence-electron chi connectivity index (χ4n) is 5.87. The van der Waals surface area contributed by atoms with Crippen LogP contribution in [0.25, 0.3) is 71.9 Å². The Morgan fingerprint density at radius 3 is 1.84 bits per heavy atom. The molecule has 0 N–H and O–H groups in total. The Labute approximate surface area is 248 Å². The van der Waals surface area contributed by atoms with Crippen LogP contribution in [0.5, 0.6) is 0 Å². The van der Waals surface area contributed by atoms with Gasteiger partial charge in [0.05, 0.1) is 34.6 Å². The summed E-state index contributed by atoms with van der Waals surface area (Å²) in [5.41, 5.74) is 9.30. The van der Waals surface area contributed by atoms with E-state index in [-0.39, 0.29) is 0 Å². The molecule has 8 rings (SSSR count). The second kappa shape index (κ2) is 10.1. The summed E-state index contributed by atoms with van der Waals surface area (Å²) in [6, 6.07) is 48.5. The molecule has 0 aliphatic heterocycles. The van der Waals surface area contributed by atoms with Gasteiger partial charge in [-0.2, -0.15) is 5.26 Å². The highest BCUT2D eigenvalue weighted by Gasteiger charge is 2.15. The molecule has 0 bridgehead atoms. The average Bonchev–Trinajstić information content (AvgIpc) is 3.47.